The minimum absolute atomic E-state index is 0.0103. The second-order valence-corrected chi connectivity index (χ2v) is 6.49. The minimum Gasteiger partial charge on any atom is -0.355 e. The molecule has 0 radical (unpaired) electrons. The number of hydrogen-bond donors (Lipinski definition) is 1. The van der Waals surface area contributed by atoms with E-state index in [4.69, 9.17) is 0 Å². The molecule has 6 heteroatoms. The predicted octanol–water partition coefficient (Wildman–Crippen LogP) is 0.717. The first-order chi connectivity index (χ1) is 7.95. The van der Waals surface area contributed by atoms with Crippen molar-refractivity contribution in [1.82, 2.24) is 9.62 Å². The van der Waals surface area contributed by atoms with Gasteiger partial charge in [0.15, 0.2) is 0 Å². The normalized spacial score (nSPS) is 16.2. The lowest BCUT2D eigenvalue weighted by molar-refractivity contribution is -0.121. The molecule has 1 N–H and O–H groups in total. The number of carbonyl (C=O) groups is 1. The first-order valence-electron chi connectivity index (χ1n) is 6.18. The van der Waals surface area contributed by atoms with Gasteiger partial charge in [0.25, 0.3) is 0 Å². The number of nitrogens with zero attached hydrogens (tertiary/aromatic N) is 1. The third-order valence-electron chi connectivity index (χ3n) is 2.79. The van der Waals surface area contributed by atoms with Crippen LogP contribution < -0.4 is 5.32 Å². The van der Waals surface area contributed by atoms with Crippen molar-refractivity contribution in [3.05, 3.63) is 0 Å². The Morgan fingerprint density at radius 1 is 1.41 bits per heavy atom. The zero-order chi connectivity index (χ0) is 12.9. The lowest BCUT2D eigenvalue weighted by Gasteiger charge is -2.19. The summed E-state index contributed by atoms with van der Waals surface area (Å²) in [4.78, 5) is 11.3. The Morgan fingerprint density at radius 2 is 2.06 bits per heavy atom. The van der Waals surface area contributed by atoms with Crippen molar-refractivity contribution in [3.8, 4) is 0 Å². The quantitative estimate of drug-likeness (QED) is 0.701. The molecule has 1 aliphatic rings. The van der Waals surface area contributed by atoms with Crippen LogP contribution in [0.1, 0.15) is 39.0 Å². The molecule has 1 aliphatic carbocycles. The van der Waals surface area contributed by atoms with Crippen molar-refractivity contribution in [3.63, 3.8) is 0 Å². The van der Waals surface area contributed by atoms with Gasteiger partial charge < -0.3 is 5.32 Å². The Hall–Kier alpha value is -0.620. The molecule has 0 atom stereocenters. The van der Waals surface area contributed by atoms with E-state index in [0.717, 1.165) is 25.7 Å². The molecular weight excluding hydrogens is 240 g/mol. The summed E-state index contributed by atoms with van der Waals surface area (Å²) in [6.07, 6.45) is 5.51. The van der Waals surface area contributed by atoms with E-state index in [1.54, 1.807) is 0 Å². The summed E-state index contributed by atoms with van der Waals surface area (Å²) in [5, 5.41) is 2.76. The molecule has 0 bridgehead atoms. The molecule has 0 aliphatic heterocycles. The summed E-state index contributed by atoms with van der Waals surface area (Å²) >= 11 is 0. The molecule has 5 nitrogen and oxygen atoms in total. The molecule has 0 aromatic heterocycles. The molecule has 0 spiro atoms. The van der Waals surface area contributed by atoms with Crippen molar-refractivity contribution in [1.29, 1.82) is 0 Å². The van der Waals surface area contributed by atoms with Gasteiger partial charge in [0, 0.05) is 25.6 Å². The lowest BCUT2D eigenvalue weighted by atomic mass is 10.2. The Morgan fingerprint density at radius 3 is 2.53 bits per heavy atom. The minimum atomic E-state index is -3.13. The average Bonchev–Trinajstić information content (AvgIpc) is 3.03. The number of nitrogens with one attached hydrogen (secondary N) is 1. The van der Waals surface area contributed by atoms with Crippen LogP contribution in [-0.2, 0) is 14.8 Å². The Kier molecular flexibility index (Phi) is 5.39. The molecule has 1 rings (SSSR count). The summed E-state index contributed by atoms with van der Waals surface area (Å²) in [5.74, 6) is 0.0103. The molecule has 1 saturated carbocycles. The fourth-order valence-corrected chi connectivity index (χ4v) is 2.89. The molecule has 1 fully saturated rings. The highest BCUT2D eigenvalue weighted by Gasteiger charge is 2.34. The number of rotatable bonds is 8. The average molecular weight is 262 g/mol. The van der Waals surface area contributed by atoms with E-state index in [0.29, 0.717) is 19.5 Å². The maximum Gasteiger partial charge on any atom is 0.220 e. The van der Waals surface area contributed by atoms with Crippen molar-refractivity contribution >= 4 is 15.9 Å². The van der Waals surface area contributed by atoms with E-state index >= 15 is 0 Å². The van der Waals surface area contributed by atoms with Crippen LogP contribution in [0, 0.1) is 0 Å². The number of unbranched alkanes of at least 4 members (excludes halogenated alkanes) is 1. The van der Waals surface area contributed by atoms with Crippen molar-refractivity contribution in [2.45, 2.75) is 45.1 Å². The number of hydrogen-bond acceptors (Lipinski definition) is 3. The highest BCUT2D eigenvalue weighted by atomic mass is 32.2. The van der Waals surface area contributed by atoms with Crippen LogP contribution in [0.25, 0.3) is 0 Å². The summed E-state index contributed by atoms with van der Waals surface area (Å²) in [5.41, 5.74) is 0. The maximum absolute atomic E-state index is 11.5. The van der Waals surface area contributed by atoms with Crippen molar-refractivity contribution < 1.29 is 13.2 Å². The first-order valence-corrected chi connectivity index (χ1v) is 8.03. The number of sulfonamides is 1. The summed E-state index contributed by atoms with van der Waals surface area (Å²) in [7, 11) is -3.13. The zero-order valence-electron chi connectivity index (χ0n) is 10.6. The highest BCUT2D eigenvalue weighted by Crippen LogP contribution is 2.28. The molecule has 100 valence electrons. The van der Waals surface area contributed by atoms with Gasteiger partial charge in [-0.25, -0.2) is 8.42 Å². The van der Waals surface area contributed by atoms with Gasteiger partial charge in [-0.15, -0.1) is 0 Å². The van der Waals surface area contributed by atoms with Gasteiger partial charge in [0.1, 0.15) is 0 Å². The number of amides is 1. The van der Waals surface area contributed by atoms with Gasteiger partial charge in [-0.1, -0.05) is 13.3 Å². The number of carbonyl (C=O) groups excluding carboxylic acids is 1. The first kappa shape index (κ1) is 14.4. The van der Waals surface area contributed by atoms with Gasteiger partial charge in [-0.2, -0.15) is 4.31 Å². The van der Waals surface area contributed by atoms with E-state index in [1.807, 2.05) is 6.92 Å². The Labute approximate surface area is 104 Å². The van der Waals surface area contributed by atoms with Crippen LogP contribution in [-0.4, -0.2) is 44.0 Å². The molecule has 0 unspecified atom stereocenters. The Balaban J connectivity index is 2.26. The van der Waals surface area contributed by atoms with E-state index < -0.39 is 10.0 Å². The van der Waals surface area contributed by atoms with Gasteiger partial charge in [-0.3, -0.25) is 4.79 Å². The second-order valence-electron chi connectivity index (χ2n) is 4.56. The van der Waals surface area contributed by atoms with Crippen LogP contribution in [0.4, 0.5) is 0 Å². The van der Waals surface area contributed by atoms with Crippen molar-refractivity contribution in [2.75, 3.05) is 19.3 Å². The predicted molar refractivity (Wildman–Crippen MR) is 67.1 cm³/mol. The van der Waals surface area contributed by atoms with Crippen LogP contribution in [0.3, 0.4) is 0 Å². The highest BCUT2D eigenvalue weighted by molar-refractivity contribution is 7.88. The van der Waals surface area contributed by atoms with E-state index in [1.165, 1.54) is 10.6 Å². The monoisotopic (exact) mass is 262 g/mol. The van der Waals surface area contributed by atoms with Gasteiger partial charge >= 0.3 is 0 Å². The molecule has 0 saturated heterocycles. The largest absolute Gasteiger partial charge is 0.355 e. The molecular formula is C11H22N2O3S. The standard InChI is InChI=1S/C11H22N2O3S/c1-3-4-5-11(14)12-8-9-13(10-6-7-10)17(2,15)16/h10H,3-9H2,1-2H3,(H,12,14). The molecule has 1 amide bonds. The third-order valence-corrected chi connectivity index (χ3v) is 4.12. The summed E-state index contributed by atoms with van der Waals surface area (Å²) in [6, 6.07) is 0.164. The van der Waals surface area contributed by atoms with Gasteiger partial charge in [0.2, 0.25) is 15.9 Å². The van der Waals surface area contributed by atoms with Crippen LogP contribution in [0.5, 0.6) is 0 Å². The van der Waals surface area contributed by atoms with Crippen LogP contribution in [0.15, 0.2) is 0 Å². The smallest absolute Gasteiger partial charge is 0.220 e. The van der Waals surface area contributed by atoms with Gasteiger partial charge in [0.05, 0.1) is 6.26 Å². The fraction of sp³-hybridized carbons (Fsp3) is 0.909. The summed E-state index contributed by atoms with van der Waals surface area (Å²) < 4.78 is 24.4. The lowest BCUT2D eigenvalue weighted by Crippen LogP contribution is -2.39. The molecule has 0 heterocycles. The van der Waals surface area contributed by atoms with E-state index in [2.05, 4.69) is 5.32 Å². The maximum atomic E-state index is 11.5. The van der Waals surface area contributed by atoms with Gasteiger partial charge in [-0.05, 0) is 19.3 Å². The fourth-order valence-electron chi connectivity index (χ4n) is 1.71. The molecule has 0 aromatic carbocycles. The Bertz CT molecular complexity index is 350. The molecule has 0 aromatic rings. The molecule has 17 heavy (non-hydrogen) atoms. The second kappa shape index (κ2) is 6.35. The van der Waals surface area contributed by atoms with Crippen LogP contribution in [0.2, 0.25) is 0 Å². The van der Waals surface area contributed by atoms with E-state index in [-0.39, 0.29) is 11.9 Å². The summed E-state index contributed by atoms with van der Waals surface area (Å²) in [6.45, 7) is 2.83. The topological polar surface area (TPSA) is 66.5 Å². The SMILES string of the molecule is CCCCC(=O)NCCN(C1CC1)S(C)(=O)=O. The van der Waals surface area contributed by atoms with Crippen molar-refractivity contribution in [2.24, 2.45) is 0 Å². The zero-order valence-corrected chi connectivity index (χ0v) is 11.4. The van der Waals surface area contributed by atoms with Crippen LogP contribution >= 0.6 is 0 Å². The third kappa shape index (κ3) is 5.50. The van der Waals surface area contributed by atoms with E-state index in [9.17, 15) is 13.2 Å².